The van der Waals surface area contributed by atoms with Crippen molar-refractivity contribution < 1.29 is 19.1 Å². The summed E-state index contributed by atoms with van der Waals surface area (Å²) in [5, 5.41) is 9.25. The molecule has 0 saturated heterocycles. The Labute approximate surface area is 124 Å². The lowest BCUT2D eigenvalue weighted by Gasteiger charge is -2.11. The van der Waals surface area contributed by atoms with Crippen molar-refractivity contribution in [1.82, 2.24) is 0 Å². The molecule has 5 heteroatoms. The van der Waals surface area contributed by atoms with Gasteiger partial charge in [-0.05, 0) is 42.2 Å². The fraction of sp³-hybridized carbons (Fsp3) is 0.250. The lowest BCUT2D eigenvalue weighted by atomic mass is 10.0. The summed E-state index contributed by atoms with van der Waals surface area (Å²) in [6, 6.07) is 14.6. The van der Waals surface area contributed by atoms with Crippen molar-refractivity contribution in [3.8, 4) is 5.75 Å². The molecule has 0 heterocycles. The van der Waals surface area contributed by atoms with Crippen molar-refractivity contribution in [2.75, 3.05) is 6.61 Å². The van der Waals surface area contributed by atoms with E-state index in [9.17, 15) is 14.6 Å². The minimum absolute atomic E-state index is 0.0281. The Kier molecular flexibility index (Phi) is 5.18. The zero-order valence-corrected chi connectivity index (χ0v) is 12.8. The van der Waals surface area contributed by atoms with Gasteiger partial charge in [0.25, 0.3) is 0 Å². The third-order valence-corrected chi connectivity index (χ3v) is 4.51. The summed E-state index contributed by atoms with van der Waals surface area (Å²) in [5.41, 5.74) is 2.99. The molecule has 0 radical (unpaired) electrons. The summed E-state index contributed by atoms with van der Waals surface area (Å²) in [5.74, 6) is 0.253. The van der Waals surface area contributed by atoms with Gasteiger partial charge in [0.2, 0.25) is 0 Å². The van der Waals surface area contributed by atoms with Crippen LogP contribution < -0.4 is 0 Å². The highest BCUT2D eigenvalue weighted by Gasteiger charge is 2.18. The van der Waals surface area contributed by atoms with Crippen LogP contribution in [0.2, 0.25) is 0 Å². The molecule has 21 heavy (non-hydrogen) atoms. The maximum Gasteiger partial charge on any atom is 0.332 e. The first-order valence-electron chi connectivity index (χ1n) is 6.80. The van der Waals surface area contributed by atoms with E-state index >= 15 is 0 Å². The van der Waals surface area contributed by atoms with Gasteiger partial charge in [-0.15, -0.1) is 0 Å². The number of hydrogen-bond acceptors (Lipinski definition) is 3. The van der Waals surface area contributed by atoms with Gasteiger partial charge in [-0.25, -0.2) is 0 Å². The first-order valence-corrected chi connectivity index (χ1v) is 8.57. The molecule has 0 aliphatic heterocycles. The van der Waals surface area contributed by atoms with Gasteiger partial charge >= 0.3 is 7.60 Å². The summed E-state index contributed by atoms with van der Waals surface area (Å²) < 4.78 is 16.6. The second-order valence-electron chi connectivity index (χ2n) is 4.87. The van der Waals surface area contributed by atoms with E-state index in [2.05, 4.69) is 0 Å². The largest absolute Gasteiger partial charge is 0.508 e. The minimum Gasteiger partial charge on any atom is -0.508 e. The predicted molar refractivity (Wildman–Crippen MR) is 82.5 cm³/mol. The summed E-state index contributed by atoms with van der Waals surface area (Å²) in [7, 11) is -3.53. The number of phenols is 1. The molecule has 1 unspecified atom stereocenters. The van der Waals surface area contributed by atoms with Gasteiger partial charge in [-0.2, -0.15) is 0 Å². The number of rotatable bonds is 6. The molecule has 2 N–H and O–H groups in total. The fourth-order valence-electron chi connectivity index (χ4n) is 2.09. The molecule has 0 fully saturated rings. The number of benzene rings is 2. The van der Waals surface area contributed by atoms with E-state index in [0.29, 0.717) is 0 Å². The first kappa shape index (κ1) is 15.8. The van der Waals surface area contributed by atoms with Gasteiger partial charge in [0.1, 0.15) is 5.75 Å². The molecule has 0 spiro atoms. The Morgan fingerprint density at radius 2 is 1.43 bits per heavy atom. The summed E-state index contributed by atoms with van der Waals surface area (Å²) in [6.45, 7) is 1.93. The molecule has 1 atom stereocenters. The normalized spacial score (nSPS) is 13.8. The van der Waals surface area contributed by atoms with Crippen LogP contribution in [-0.4, -0.2) is 16.6 Å². The molecule has 4 nitrogen and oxygen atoms in total. The zero-order chi connectivity index (χ0) is 15.3. The van der Waals surface area contributed by atoms with Gasteiger partial charge < -0.3 is 14.5 Å². The molecule has 0 saturated carbocycles. The van der Waals surface area contributed by atoms with Crippen LogP contribution in [0.15, 0.2) is 48.5 Å². The van der Waals surface area contributed by atoms with Gasteiger partial charge in [0, 0.05) is 0 Å². The third kappa shape index (κ3) is 5.01. The number of phenolic OH excluding ortho intramolecular Hbond substituents is 1. The maximum atomic E-state index is 11.7. The standard InChI is InChI=1S/C16H19O4P/c1-2-20-21(18,19)12-15-5-3-13(4-6-15)11-14-7-9-16(17)10-8-14/h3-10,17H,2,11-12H2,1H3,(H,18,19). The van der Waals surface area contributed by atoms with Crippen molar-refractivity contribution in [3.63, 3.8) is 0 Å². The van der Waals surface area contributed by atoms with Crippen molar-refractivity contribution in [2.45, 2.75) is 19.5 Å². The topological polar surface area (TPSA) is 66.8 Å². The van der Waals surface area contributed by atoms with E-state index in [0.717, 1.165) is 23.1 Å². The van der Waals surface area contributed by atoms with Gasteiger partial charge in [0.15, 0.2) is 0 Å². The monoisotopic (exact) mass is 306 g/mol. The van der Waals surface area contributed by atoms with Crippen molar-refractivity contribution in [2.24, 2.45) is 0 Å². The molecule has 0 aromatic heterocycles. The second kappa shape index (κ2) is 6.90. The highest BCUT2D eigenvalue weighted by Crippen LogP contribution is 2.45. The van der Waals surface area contributed by atoms with Gasteiger partial charge in [-0.1, -0.05) is 36.4 Å². The first-order chi connectivity index (χ1) is 9.98. The molecule has 2 aromatic rings. The Morgan fingerprint density at radius 1 is 0.952 bits per heavy atom. The molecule has 2 aromatic carbocycles. The predicted octanol–water partition coefficient (Wildman–Crippen LogP) is 3.70. The van der Waals surface area contributed by atoms with Crippen LogP contribution in [0, 0.1) is 0 Å². The van der Waals surface area contributed by atoms with Gasteiger partial charge in [0.05, 0.1) is 12.8 Å². The van der Waals surface area contributed by atoms with E-state index in [1.54, 1.807) is 19.1 Å². The molecule has 112 valence electrons. The van der Waals surface area contributed by atoms with Crippen molar-refractivity contribution >= 4 is 7.60 Å². The molecule has 0 bridgehead atoms. The molecular weight excluding hydrogens is 287 g/mol. The third-order valence-electron chi connectivity index (χ3n) is 3.08. The summed E-state index contributed by atoms with van der Waals surface area (Å²) in [6.07, 6.45) is 0.781. The zero-order valence-electron chi connectivity index (χ0n) is 11.9. The van der Waals surface area contributed by atoms with Crippen LogP contribution in [0.4, 0.5) is 0 Å². The van der Waals surface area contributed by atoms with Crippen molar-refractivity contribution in [3.05, 3.63) is 65.2 Å². The minimum atomic E-state index is -3.53. The van der Waals surface area contributed by atoms with Crippen LogP contribution in [0.25, 0.3) is 0 Å². The molecule has 0 aliphatic rings. The average Bonchev–Trinajstić information content (AvgIpc) is 2.43. The Bertz CT molecular complexity index is 620. The Balaban J connectivity index is 2.02. The average molecular weight is 306 g/mol. The second-order valence-corrected chi connectivity index (χ2v) is 6.72. The van der Waals surface area contributed by atoms with Crippen LogP contribution in [-0.2, 0) is 21.7 Å². The smallest absolute Gasteiger partial charge is 0.332 e. The number of aromatic hydroxyl groups is 1. The van der Waals surface area contributed by atoms with Crippen LogP contribution in [0.5, 0.6) is 5.75 Å². The molecular formula is C16H19O4P. The van der Waals surface area contributed by atoms with Crippen LogP contribution >= 0.6 is 7.60 Å². The van der Waals surface area contributed by atoms with E-state index in [-0.39, 0.29) is 18.5 Å². The lowest BCUT2D eigenvalue weighted by molar-refractivity contribution is 0.272. The van der Waals surface area contributed by atoms with Gasteiger partial charge in [-0.3, -0.25) is 4.57 Å². The number of hydrogen-bond donors (Lipinski definition) is 2. The SMILES string of the molecule is CCOP(=O)(O)Cc1ccc(Cc2ccc(O)cc2)cc1. The summed E-state index contributed by atoms with van der Waals surface area (Å²) in [4.78, 5) is 9.61. The van der Waals surface area contributed by atoms with Crippen molar-refractivity contribution in [1.29, 1.82) is 0 Å². The van der Waals surface area contributed by atoms with E-state index in [4.69, 9.17) is 4.52 Å². The highest BCUT2D eigenvalue weighted by molar-refractivity contribution is 7.51. The fourth-order valence-corrected chi connectivity index (χ4v) is 3.26. The lowest BCUT2D eigenvalue weighted by Crippen LogP contribution is -1.94. The molecule has 0 aliphatic carbocycles. The summed E-state index contributed by atoms with van der Waals surface area (Å²) >= 11 is 0. The van der Waals surface area contributed by atoms with E-state index < -0.39 is 7.60 Å². The highest BCUT2D eigenvalue weighted by atomic mass is 31.2. The Morgan fingerprint density at radius 3 is 1.95 bits per heavy atom. The van der Waals surface area contributed by atoms with Crippen LogP contribution in [0.1, 0.15) is 23.6 Å². The van der Waals surface area contributed by atoms with Crippen LogP contribution in [0.3, 0.4) is 0 Å². The van der Waals surface area contributed by atoms with E-state index in [1.807, 2.05) is 36.4 Å². The molecule has 2 rings (SSSR count). The maximum absolute atomic E-state index is 11.7. The quantitative estimate of drug-likeness (QED) is 0.798. The molecule has 0 amide bonds. The van der Waals surface area contributed by atoms with E-state index in [1.165, 1.54) is 0 Å². The Hall–Kier alpha value is -1.61.